The first-order valence-electron chi connectivity index (χ1n) is 4.06. The highest BCUT2D eigenvalue weighted by atomic mass is 32.1. The number of thiol groups is 2. The van der Waals surface area contributed by atoms with Gasteiger partial charge in [-0.15, -0.1) is 25.3 Å². The molecule has 0 spiro atoms. The lowest BCUT2D eigenvalue weighted by Gasteiger charge is -1.98. The Kier molecular flexibility index (Phi) is 9.10. The van der Waals surface area contributed by atoms with Gasteiger partial charge in [-0.1, -0.05) is 37.3 Å². The van der Waals surface area contributed by atoms with Crippen LogP contribution in [0, 0.1) is 0 Å². The molecule has 0 aromatic heterocycles. The first kappa shape index (κ1) is 12.9. The first-order valence-corrected chi connectivity index (χ1v) is 5.77. The fraction of sp³-hybridized carbons (Fsp3) is 0.750. The second-order valence-corrected chi connectivity index (χ2v) is 5.37. The molecule has 0 aliphatic carbocycles. The molecule has 0 amide bonds. The summed E-state index contributed by atoms with van der Waals surface area (Å²) in [4.78, 5) is 0. The Morgan fingerprint density at radius 3 is 1.33 bits per heavy atom. The van der Waals surface area contributed by atoms with E-state index in [0.717, 1.165) is 34.1 Å². The summed E-state index contributed by atoms with van der Waals surface area (Å²) < 4.78 is 1.64. The SMILES string of the molecule is S=C(S)CCCCCCC(=S)S. The van der Waals surface area contributed by atoms with Gasteiger partial charge in [-0.2, -0.15) is 0 Å². The van der Waals surface area contributed by atoms with Gasteiger partial charge in [0.1, 0.15) is 0 Å². The molecule has 0 nitrogen and oxygen atoms in total. The standard InChI is InChI=1S/C8H14S4/c9-7(10)5-3-1-2-4-6-8(11)12/h1-6H2,(H,9,10)(H,11,12). The predicted octanol–water partition coefficient (Wildman–Crippen LogP) is 3.84. The summed E-state index contributed by atoms with van der Waals surface area (Å²) in [5.41, 5.74) is 0. The molecule has 0 aromatic rings. The summed E-state index contributed by atoms with van der Waals surface area (Å²) >= 11 is 17.8. The van der Waals surface area contributed by atoms with E-state index < -0.39 is 0 Å². The van der Waals surface area contributed by atoms with E-state index in [1.165, 1.54) is 12.8 Å². The smallest absolute Gasteiger partial charge is 0.0448 e. The van der Waals surface area contributed by atoms with E-state index >= 15 is 0 Å². The Hall–Kier alpha value is 0.880. The molecule has 12 heavy (non-hydrogen) atoms. The van der Waals surface area contributed by atoms with Crippen molar-refractivity contribution in [1.29, 1.82) is 0 Å². The normalized spacial score (nSPS) is 9.83. The molecule has 0 fully saturated rings. The minimum absolute atomic E-state index is 0.819. The highest BCUT2D eigenvalue weighted by molar-refractivity contribution is 8.11. The lowest BCUT2D eigenvalue weighted by atomic mass is 10.1. The molecule has 4 heteroatoms. The van der Waals surface area contributed by atoms with E-state index in [2.05, 4.69) is 25.3 Å². The Morgan fingerprint density at radius 1 is 0.750 bits per heavy atom. The van der Waals surface area contributed by atoms with Crippen molar-refractivity contribution in [3.05, 3.63) is 0 Å². The Labute approximate surface area is 96.3 Å². The van der Waals surface area contributed by atoms with Crippen LogP contribution in [0.25, 0.3) is 0 Å². The summed E-state index contributed by atoms with van der Waals surface area (Å²) in [6, 6.07) is 0. The molecule has 0 radical (unpaired) electrons. The first-order chi connectivity index (χ1) is 5.63. The monoisotopic (exact) mass is 238 g/mol. The van der Waals surface area contributed by atoms with Crippen molar-refractivity contribution in [1.82, 2.24) is 0 Å². The van der Waals surface area contributed by atoms with Crippen molar-refractivity contribution in [3.8, 4) is 0 Å². The van der Waals surface area contributed by atoms with Crippen LogP contribution >= 0.6 is 49.7 Å². The van der Waals surface area contributed by atoms with E-state index in [1.54, 1.807) is 0 Å². The van der Waals surface area contributed by atoms with Gasteiger partial charge in [0.15, 0.2) is 0 Å². The molecule has 70 valence electrons. The van der Waals surface area contributed by atoms with Crippen LogP contribution in [0.3, 0.4) is 0 Å². The fourth-order valence-electron chi connectivity index (χ4n) is 0.906. The van der Waals surface area contributed by atoms with Gasteiger partial charge in [0.05, 0.1) is 0 Å². The number of hydrogen-bond donors (Lipinski definition) is 2. The van der Waals surface area contributed by atoms with Crippen LogP contribution in [0.1, 0.15) is 38.5 Å². The largest absolute Gasteiger partial charge is 0.136 e. The third kappa shape index (κ3) is 10.9. The van der Waals surface area contributed by atoms with Gasteiger partial charge in [-0.25, -0.2) is 0 Å². The fourth-order valence-corrected chi connectivity index (χ4v) is 1.51. The average Bonchev–Trinajstić information content (AvgIpc) is 1.95. The van der Waals surface area contributed by atoms with E-state index in [4.69, 9.17) is 24.4 Å². The van der Waals surface area contributed by atoms with Crippen LogP contribution < -0.4 is 0 Å². The molecular formula is C8H14S4. The van der Waals surface area contributed by atoms with Crippen LogP contribution in [0.2, 0.25) is 0 Å². The van der Waals surface area contributed by atoms with Crippen molar-refractivity contribution in [3.63, 3.8) is 0 Å². The Morgan fingerprint density at radius 2 is 1.08 bits per heavy atom. The van der Waals surface area contributed by atoms with Crippen molar-refractivity contribution < 1.29 is 0 Å². The molecule has 0 aromatic carbocycles. The minimum atomic E-state index is 0.819. The summed E-state index contributed by atoms with van der Waals surface area (Å²) in [6.45, 7) is 0. The molecule has 0 atom stereocenters. The van der Waals surface area contributed by atoms with Crippen LogP contribution in [-0.2, 0) is 0 Å². The Bertz CT molecular complexity index is 135. The maximum Gasteiger partial charge on any atom is 0.0448 e. The zero-order chi connectivity index (χ0) is 9.40. The molecule has 0 bridgehead atoms. The molecule has 0 unspecified atom stereocenters. The summed E-state index contributed by atoms with van der Waals surface area (Å²) in [5, 5.41) is 0. The quantitative estimate of drug-likeness (QED) is 0.393. The van der Waals surface area contributed by atoms with Crippen LogP contribution in [0.4, 0.5) is 0 Å². The van der Waals surface area contributed by atoms with Crippen molar-refractivity contribution >= 4 is 58.1 Å². The topological polar surface area (TPSA) is 0 Å². The van der Waals surface area contributed by atoms with Gasteiger partial charge >= 0.3 is 0 Å². The maximum absolute atomic E-state index is 4.85. The molecule has 0 saturated carbocycles. The van der Waals surface area contributed by atoms with Gasteiger partial charge in [-0.3, -0.25) is 0 Å². The number of unbranched alkanes of at least 4 members (excludes halogenated alkanes) is 3. The highest BCUT2D eigenvalue weighted by Crippen LogP contribution is 2.08. The molecule has 0 aliphatic heterocycles. The van der Waals surface area contributed by atoms with E-state index in [-0.39, 0.29) is 0 Å². The van der Waals surface area contributed by atoms with E-state index in [0.29, 0.717) is 0 Å². The van der Waals surface area contributed by atoms with Gasteiger partial charge in [0, 0.05) is 8.39 Å². The molecule has 0 saturated heterocycles. The zero-order valence-corrected chi connectivity index (χ0v) is 10.4. The predicted molar refractivity (Wildman–Crippen MR) is 70.9 cm³/mol. The van der Waals surface area contributed by atoms with Gasteiger partial charge in [0.2, 0.25) is 0 Å². The van der Waals surface area contributed by atoms with Crippen LogP contribution in [-0.4, -0.2) is 8.39 Å². The highest BCUT2D eigenvalue weighted by Gasteiger charge is 1.93. The summed E-state index contributed by atoms with van der Waals surface area (Å²) in [7, 11) is 0. The summed E-state index contributed by atoms with van der Waals surface area (Å²) in [5.74, 6) is 0. The second-order valence-electron chi connectivity index (χ2n) is 2.70. The van der Waals surface area contributed by atoms with Crippen molar-refractivity contribution in [2.75, 3.05) is 0 Å². The van der Waals surface area contributed by atoms with E-state index in [9.17, 15) is 0 Å². The lowest BCUT2D eigenvalue weighted by molar-refractivity contribution is 0.672. The molecular weight excluding hydrogens is 224 g/mol. The number of thiocarbonyl (C=S) groups is 2. The van der Waals surface area contributed by atoms with Crippen molar-refractivity contribution in [2.45, 2.75) is 38.5 Å². The van der Waals surface area contributed by atoms with Crippen LogP contribution in [0.5, 0.6) is 0 Å². The minimum Gasteiger partial charge on any atom is -0.136 e. The summed E-state index contributed by atoms with van der Waals surface area (Å²) in [6.07, 6.45) is 6.67. The number of rotatable bonds is 7. The van der Waals surface area contributed by atoms with Crippen LogP contribution in [0.15, 0.2) is 0 Å². The average molecular weight is 238 g/mol. The zero-order valence-electron chi connectivity index (χ0n) is 6.95. The molecule has 0 aliphatic rings. The Balaban J connectivity index is 3.01. The van der Waals surface area contributed by atoms with Crippen molar-refractivity contribution in [2.24, 2.45) is 0 Å². The van der Waals surface area contributed by atoms with Gasteiger partial charge < -0.3 is 0 Å². The lowest BCUT2D eigenvalue weighted by Crippen LogP contribution is -1.86. The third-order valence-electron chi connectivity index (χ3n) is 1.53. The molecule has 0 rings (SSSR count). The van der Waals surface area contributed by atoms with E-state index in [1.807, 2.05) is 0 Å². The maximum atomic E-state index is 4.85. The molecule has 0 N–H and O–H groups in total. The molecule has 0 heterocycles. The third-order valence-corrected chi connectivity index (χ3v) is 2.39. The second kappa shape index (κ2) is 8.48. The van der Waals surface area contributed by atoms with Gasteiger partial charge in [-0.05, 0) is 25.7 Å². The number of hydrogen-bond acceptors (Lipinski definition) is 2. The van der Waals surface area contributed by atoms with Gasteiger partial charge in [0.25, 0.3) is 0 Å².